The van der Waals surface area contributed by atoms with Gasteiger partial charge < -0.3 is 10.1 Å². The van der Waals surface area contributed by atoms with E-state index in [1.54, 1.807) is 0 Å². The fourth-order valence-corrected chi connectivity index (χ4v) is 1.52. The van der Waals surface area contributed by atoms with Gasteiger partial charge in [-0.15, -0.1) is 0 Å². The van der Waals surface area contributed by atoms with E-state index in [0.717, 1.165) is 19.5 Å². The summed E-state index contributed by atoms with van der Waals surface area (Å²) in [7, 11) is 1.46. The number of rotatable bonds is 1. The lowest BCUT2D eigenvalue weighted by Gasteiger charge is -2.26. The van der Waals surface area contributed by atoms with E-state index in [2.05, 4.69) is 12.2 Å². The average Bonchev–Trinajstić information content (AvgIpc) is 2.04. The highest BCUT2D eigenvalue weighted by Gasteiger charge is 2.27. The van der Waals surface area contributed by atoms with Crippen LogP contribution in [0.5, 0.6) is 0 Å². The van der Waals surface area contributed by atoms with E-state index in [1.807, 2.05) is 0 Å². The van der Waals surface area contributed by atoms with Crippen molar-refractivity contribution in [2.75, 3.05) is 20.2 Å². The van der Waals surface area contributed by atoms with Crippen LogP contribution < -0.4 is 5.32 Å². The monoisotopic (exact) mass is 157 g/mol. The standard InChI is InChI=1S/C8H15NO2/c1-6-5-9-4-3-7(6)8(10)11-2/h6-7,9H,3-5H2,1-2H3/t6-,7-/m0/s1. The third kappa shape index (κ3) is 1.93. The van der Waals surface area contributed by atoms with E-state index < -0.39 is 0 Å². The topological polar surface area (TPSA) is 38.3 Å². The smallest absolute Gasteiger partial charge is 0.309 e. The first-order valence-corrected chi connectivity index (χ1v) is 4.04. The fourth-order valence-electron chi connectivity index (χ4n) is 1.52. The summed E-state index contributed by atoms with van der Waals surface area (Å²) in [6.07, 6.45) is 0.911. The molecule has 1 fully saturated rings. The minimum absolute atomic E-state index is 0.0565. The molecule has 1 aliphatic heterocycles. The number of ether oxygens (including phenoxy) is 1. The Morgan fingerprint density at radius 2 is 2.36 bits per heavy atom. The van der Waals surface area contributed by atoms with Gasteiger partial charge in [0, 0.05) is 0 Å². The number of nitrogens with one attached hydrogen (secondary N) is 1. The number of hydrogen-bond acceptors (Lipinski definition) is 3. The van der Waals surface area contributed by atoms with Crippen molar-refractivity contribution >= 4 is 5.97 Å². The Balaban J connectivity index is 2.47. The van der Waals surface area contributed by atoms with Gasteiger partial charge in [0.2, 0.25) is 0 Å². The van der Waals surface area contributed by atoms with Gasteiger partial charge in [-0.3, -0.25) is 4.79 Å². The summed E-state index contributed by atoms with van der Waals surface area (Å²) in [5.41, 5.74) is 0. The summed E-state index contributed by atoms with van der Waals surface area (Å²) in [5, 5.41) is 3.24. The van der Waals surface area contributed by atoms with Crippen molar-refractivity contribution in [1.82, 2.24) is 5.32 Å². The van der Waals surface area contributed by atoms with Crippen molar-refractivity contribution in [3.8, 4) is 0 Å². The van der Waals surface area contributed by atoms with Crippen LogP contribution in [0.2, 0.25) is 0 Å². The number of carbonyl (C=O) groups excluding carboxylic acids is 1. The molecule has 0 bridgehead atoms. The van der Waals surface area contributed by atoms with E-state index >= 15 is 0 Å². The summed E-state index contributed by atoms with van der Waals surface area (Å²) in [6.45, 7) is 3.94. The molecule has 1 N–H and O–H groups in total. The van der Waals surface area contributed by atoms with Crippen molar-refractivity contribution in [3.63, 3.8) is 0 Å². The molecule has 3 nitrogen and oxygen atoms in total. The molecule has 0 saturated carbocycles. The van der Waals surface area contributed by atoms with Gasteiger partial charge in [0.15, 0.2) is 0 Å². The van der Waals surface area contributed by atoms with Crippen molar-refractivity contribution in [3.05, 3.63) is 0 Å². The molecule has 1 saturated heterocycles. The first-order chi connectivity index (χ1) is 5.25. The van der Waals surface area contributed by atoms with Crippen molar-refractivity contribution < 1.29 is 9.53 Å². The molecule has 0 spiro atoms. The van der Waals surface area contributed by atoms with Gasteiger partial charge >= 0.3 is 5.97 Å². The lowest BCUT2D eigenvalue weighted by atomic mass is 9.88. The number of carbonyl (C=O) groups is 1. The Morgan fingerprint density at radius 3 is 2.91 bits per heavy atom. The molecule has 0 aromatic heterocycles. The van der Waals surface area contributed by atoms with Crippen LogP contribution in [0.3, 0.4) is 0 Å². The van der Waals surface area contributed by atoms with Crippen molar-refractivity contribution in [2.45, 2.75) is 13.3 Å². The highest BCUT2D eigenvalue weighted by molar-refractivity contribution is 5.72. The second kappa shape index (κ2) is 3.72. The van der Waals surface area contributed by atoms with E-state index in [9.17, 15) is 4.79 Å². The molecule has 0 aliphatic carbocycles. The van der Waals surface area contributed by atoms with Crippen LogP contribution in [0.1, 0.15) is 13.3 Å². The van der Waals surface area contributed by atoms with Crippen LogP contribution in [0.25, 0.3) is 0 Å². The number of methoxy groups -OCH3 is 1. The molecular formula is C8H15NO2. The molecule has 1 rings (SSSR count). The van der Waals surface area contributed by atoms with E-state index in [1.165, 1.54) is 7.11 Å². The molecule has 11 heavy (non-hydrogen) atoms. The zero-order valence-electron chi connectivity index (χ0n) is 7.09. The Bertz CT molecular complexity index is 147. The van der Waals surface area contributed by atoms with Gasteiger partial charge in [-0.1, -0.05) is 6.92 Å². The fraction of sp³-hybridized carbons (Fsp3) is 0.875. The molecule has 1 heterocycles. The third-order valence-corrected chi connectivity index (χ3v) is 2.29. The van der Waals surface area contributed by atoms with Crippen molar-refractivity contribution in [2.24, 2.45) is 11.8 Å². The van der Waals surface area contributed by atoms with Gasteiger partial charge in [-0.05, 0) is 25.4 Å². The minimum atomic E-state index is -0.0565. The normalized spacial score (nSPS) is 31.5. The van der Waals surface area contributed by atoms with Gasteiger partial charge in [0.1, 0.15) is 0 Å². The molecule has 0 amide bonds. The van der Waals surface area contributed by atoms with Gasteiger partial charge in [0.25, 0.3) is 0 Å². The van der Waals surface area contributed by atoms with Gasteiger partial charge in [-0.2, -0.15) is 0 Å². The highest BCUT2D eigenvalue weighted by Crippen LogP contribution is 2.19. The molecule has 0 radical (unpaired) electrons. The number of piperidine rings is 1. The number of hydrogen-bond donors (Lipinski definition) is 1. The lowest BCUT2D eigenvalue weighted by Crippen LogP contribution is -2.39. The maximum Gasteiger partial charge on any atom is 0.309 e. The Hall–Kier alpha value is -0.570. The average molecular weight is 157 g/mol. The molecule has 64 valence electrons. The van der Waals surface area contributed by atoms with Crippen LogP contribution in [0.15, 0.2) is 0 Å². The van der Waals surface area contributed by atoms with Crippen LogP contribution in [-0.2, 0) is 9.53 Å². The predicted molar refractivity (Wildman–Crippen MR) is 42.2 cm³/mol. The lowest BCUT2D eigenvalue weighted by molar-refractivity contribution is -0.148. The number of esters is 1. The quantitative estimate of drug-likeness (QED) is 0.560. The molecule has 2 atom stereocenters. The van der Waals surface area contributed by atoms with Crippen LogP contribution in [0.4, 0.5) is 0 Å². The molecule has 1 aliphatic rings. The second-order valence-corrected chi connectivity index (χ2v) is 3.10. The molecule has 0 aromatic rings. The highest BCUT2D eigenvalue weighted by atomic mass is 16.5. The van der Waals surface area contributed by atoms with Gasteiger partial charge in [-0.25, -0.2) is 0 Å². The Kier molecular flexibility index (Phi) is 2.88. The van der Waals surface area contributed by atoms with Crippen LogP contribution in [-0.4, -0.2) is 26.2 Å². The maximum atomic E-state index is 11.1. The largest absolute Gasteiger partial charge is 0.469 e. The van der Waals surface area contributed by atoms with E-state index in [-0.39, 0.29) is 11.9 Å². The maximum absolute atomic E-state index is 11.1. The molecule has 3 heteroatoms. The zero-order chi connectivity index (χ0) is 8.27. The van der Waals surface area contributed by atoms with Crippen LogP contribution in [0, 0.1) is 11.8 Å². The Morgan fingerprint density at radius 1 is 1.64 bits per heavy atom. The summed E-state index contributed by atoms with van der Waals surface area (Å²) < 4.78 is 4.69. The summed E-state index contributed by atoms with van der Waals surface area (Å²) in [4.78, 5) is 11.1. The second-order valence-electron chi connectivity index (χ2n) is 3.10. The van der Waals surface area contributed by atoms with Crippen LogP contribution >= 0.6 is 0 Å². The van der Waals surface area contributed by atoms with Crippen molar-refractivity contribution in [1.29, 1.82) is 0 Å². The SMILES string of the molecule is COC(=O)[C@H]1CCNC[C@@H]1C. The first-order valence-electron chi connectivity index (χ1n) is 4.04. The van der Waals surface area contributed by atoms with Gasteiger partial charge in [0.05, 0.1) is 13.0 Å². The third-order valence-electron chi connectivity index (χ3n) is 2.29. The Labute approximate surface area is 67.1 Å². The summed E-state index contributed by atoms with van der Waals surface area (Å²) in [5.74, 6) is 0.469. The van der Waals surface area contributed by atoms with E-state index in [0.29, 0.717) is 5.92 Å². The zero-order valence-corrected chi connectivity index (χ0v) is 7.09. The van der Waals surface area contributed by atoms with E-state index in [4.69, 9.17) is 4.74 Å². The predicted octanol–water partition coefficient (Wildman–Crippen LogP) is 0.405. The summed E-state index contributed by atoms with van der Waals surface area (Å²) >= 11 is 0. The molecule has 0 aromatic carbocycles. The molecule has 0 unspecified atom stereocenters. The first kappa shape index (κ1) is 8.53. The summed E-state index contributed by atoms with van der Waals surface area (Å²) in [6, 6.07) is 0. The molecular weight excluding hydrogens is 142 g/mol. The minimum Gasteiger partial charge on any atom is -0.469 e.